The fraction of sp³-hybridized carbons (Fsp3) is 0.136. The first-order valence-corrected chi connectivity index (χ1v) is 11.1. The average Bonchev–Trinajstić information content (AvgIpc) is 3.29. The Hall–Kier alpha value is -3.10. The summed E-state index contributed by atoms with van der Waals surface area (Å²) >= 11 is 2.87. The number of hydrogen-bond acceptors (Lipinski definition) is 6. The van der Waals surface area contributed by atoms with Crippen molar-refractivity contribution < 1.29 is 19.1 Å². The minimum Gasteiger partial charge on any atom is -0.426 e. The van der Waals surface area contributed by atoms with Gasteiger partial charge in [0.05, 0.1) is 22.7 Å². The van der Waals surface area contributed by atoms with E-state index in [0.29, 0.717) is 22.1 Å². The van der Waals surface area contributed by atoms with E-state index < -0.39 is 5.97 Å². The first kappa shape index (κ1) is 20.2. The molecule has 2 aromatic carbocycles. The maximum Gasteiger partial charge on any atom is 0.312 e. The van der Waals surface area contributed by atoms with Gasteiger partial charge in [0.1, 0.15) is 5.75 Å². The minimum absolute atomic E-state index is 0.0164. The van der Waals surface area contributed by atoms with Crippen LogP contribution in [0, 0.1) is 0 Å². The summed E-state index contributed by atoms with van der Waals surface area (Å²) in [5, 5.41) is 4.63. The van der Waals surface area contributed by atoms with E-state index in [1.807, 2.05) is 35.7 Å². The zero-order valence-corrected chi connectivity index (χ0v) is 17.5. The van der Waals surface area contributed by atoms with Crippen molar-refractivity contribution >= 4 is 52.3 Å². The van der Waals surface area contributed by atoms with Crippen LogP contribution in [0.1, 0.15) is 16.1 Å². The first-order valence-electron chi connectivity index (χ1n) is 9.28. The summed E-state index contributed by atoms with van der Waals surface area (Å²) in [4.78, 5) is 39.9. The van der Waals surface area contributed by atoms with Gasteiger partial charge in [0.25, 0.3) is 5.91 Å². The summed E-state index contributed by atoms with van der Waals surface area (Å²) in [6.07, 6.45) is 0.0849. The van der Waals surface area contributed by atoms with Crippen LogP contribution in [0.25, 0.3) is 0 Å². The number of benzene rings is 2. The third-order valence-corrected chi connectivity index (χ3v) is 6.35. The number of rotatable bonds is 6. The molecule has 0 saturated heterocycles. The molecular weight excluding hydrogens is 420 g/mol. The summed E-state index contributed by atoms with van der Waals surface area (Å²) in [5.74, 6) is 0.130. The molecule has 3 aromatic rings. The molecule has 0 saturated carbocycles. The summed E-state index contributed by atoms with van der Waals surface area (Å²) in [6, 6.07) is 17.8. The summed E-state index contributed by atoms with van der Waals surface area (Å²) in [7, 11) is 0. The zero-order valence-electron chi connectivity index (χ0n) is 15.9. The van der Waals surface area contributed by atoms with Crippen molar-refractivity contribution in [3.8, 4) is 5.75 Å². The molecule has 0 radical (unpaired) electrons. The molecule has 2 amide bonds. The third-order valence-electron chi connectivity index (χ3n) is 4.44. The van der Waals surface area contributed by atoms with E-state index in [4.69, 9.17) is 4.74 Å². The van der Waals surface area contributed by atoms with E-state index in [1.165, 1.54) is 23.1 Å². The number of para-hydroxylation sites is 1. The molecule has 8 heteroatoms. The highest BCUT2D eigenvalue weighted by molar-refractivity contribution is 8.00. The lowest BCUT2D eigenvalue weighted by Gasteiger charge is -2.28. The number of carbonyl (C=O) groups is 3. The monoisotopic (exact) mass is 438 g/mol. The van der Waals surface area contributed by atoms with Crippen LogP contribution >= 0.6 is 23.1 Å². The van der Waals surface area contributed by atoms with E-state index in [9.17, 15) is 14.4 Å². The van der Waals surface area contributed by atoms with Gasteiger partial charge in [0.2, 0.25) is 5.91 Å². The number of fused-ring (bicyclic) bond motifs is 1. The molecule has 30 heavy (non-hydrogen) atoms. The smallest absolute Gasteiger partial charge is 0.312 e. The Morgan fingerprint density at radius 1 is 1.03 bits per heavy atom. The van der Waals surface area contributed by atoms with Gasteiger partial charge < -0.3 is 15.0 Å². The van der Waals surface area contributed by atoms with Gasteiger partial charge in [0.15, 0.2) is 0 Å². The lowest BCUT2D eigenvalue weighted by atomic mass is 10.2. The minimum atomic E-state index is -0.422. The Bertz CT molecular complexity index is 1070. The van der Waals surface area contributed by atoms with Crippen LogP contribution in [0.5, 0.6) is 5.75 Å². The van der Waals surface area contributed by atoms with Crippen molar-refractivity contribution in [2.45, 2.75) is 11.3 Å². The van der Waals surface area contributed by atoms with Gasteiger partial charge in [-0.15, -0.1) is 23.1 Å². The molecule has 0 aliphatic carbocycles. The molecule has 6 nitrogen and oxygen atoms in total. The van der Waals surface area contributed by atoms with Crippen LogP contribution < -0.4 is 15.0 Å². The van der Waals surface area contributed by atoms with Crippen LogP contribution in [0.3, 0.4) is 0 Å². The zero-order chi connectivity index (χ0) is 20.9. The molecule has 152 valence electrons. The second-order valence-electron chi connectivity index (χ2n) is 6.48. The van der Waals surface area contributed by atoms with E-state index in [1.54, 1.807) is 35.2 Å². The summed E-state index contributed by atoms with van der Waals surface area (Å²) in [6.45, 7) is 0.268. The van der Waals surface area contributed by atoms with Gasteiger partial charge in [-0.2, -0.15) is 0 Å². The largest absolute Gasteiger partial charge is 0.426 e. The fourth-order valence-electron chi connectivity index (χ4n) is 2.99. The van der Waals surface area contributed by atoms with E-state index >= 15 is 0 Å². The second-order valence-corrected chi connectivity index (χ2v) is 8.45. The topological polar surface area (TPSA) is 75.7 Å². The number of carbonyl (C=O) groups excluding carboxylic acids is 3. The quantitative estimate of drug-likeness (QED) is 0.455. The van der Waals surface area contributed by atoms with Crippen molar-refractivity contribution in [1.29, 1.82) is 0 Å². The molecule has 0 atom stereocenters. The van der Waals surface area contributed by atoms with Gasteiger partial charge in [-0.3, -0.25) is 14.4 Å². The predicted octanol–water partition coefficient (Wildman–Crippen LogP) is 4.43. The first-order chi connectivity index (χ1) is 14.6. The Morgan fingerprint density at radius 2 is 1.83 bits per heavy atom. The van der Waals surface area contributed by atoms with Crippen molar-refractivity contribution in [3.05, 3.63) is 70.9 Å². The number of amides is 2. The highest BCUT2D eigenvalue weighted by Crippen LogP contribution is 2.34. The molecule has 0 spiro atoms. The molecule has 1 N–H and O–H groups in total. The molecule has 0 unspecified atom stereocenters. The van der Waals surface area contributed by atoms with E-state index in [0.717, 1.165) is 10.6 Å². The van der Waals surface area contributed by atoms with Crippen LogP contribution in [-0.4, -0.2) is 30.1 Å². The van der Waals surface area contributed by atoms with Crippen molar-refractivity contribution in [3.63, 3.8) is 0 Å². The number of anilines is 2. The maximum atomic E-state index is 12.3. The third kappa shape index (κ3) is 4.72. The van der Waals surface area contributed by atoms with Crippen LogP contribution in [0.2, 0.25) is 0 Å². The number of esters is 1. The molecule has 0 fully saturated rings. The standard InChI is InChI=1S/C22H18N2O4S2/c25-20-14-30-18-5-2-1-4-17(18)24(20)12-11-21(26)28-16-9-7-15(8-10-16)23-22(27)19-6-3-13-29-19/h1-10,13H,11-12,14H2,(H,23,27). The number of nitrogens with one attached hydrogen (secondary N) is 1. The number of thiophene rings is 1. The van der Waals surface area contributed by atoms with E-state index in [2.05, 4.69) is 5.32 Å². The highest BCUT2D eigenvalue weighted by atomic mass is 32.2. The van der Waals surface area contributed by atoms with Gasteiger partial charge in [-0.05, 0) is 47.8 Å². The van der Waals surface area contributed by atoms with Crippen molar-refractivity contribution in [2.75, 3.05) is 22.5 Å². The van der Waals surface area contributed by atoms with Gasteiger partial charge in [-0.1, -0.05) is 18.2 Å². The number of ether oxygens (including phenoxy) is 1. The maximum absolute atomic E-state index is 12.3. The summed E-state index contributed by atoms with van der Waals surface area (Å²) < 4.78 is 5.37. The molecular formula is C22H18N2O4S2. The van der Waals surface area contributed by atoms with Gasteiger partial charge in [0, 0.05) is 17.1 Å². The Balaban J connectivity index is 1.31. The van der Waals surface area contributed by atoms with Crippen molar-refractivity contribution in [2.24, 2.45) is 0 Å². The molecule has 1 aliphatic heterocycles. The van der Waals surface area contributed by atoms with Crippen LogP contribution in [0.15, 0.2) is 70.9 Å². The number of thioether (sulfide) groups is 1. The molecule has 2 heterocycles. The van der Waals surface area contributed by atoms with Crippen LogP contribution in [0.4, 0.5) is 11.4 Å². The van der Waals surface area contributed by atoms with Crippen LogP contribution in [-0.2, 0) is 9.59 Å². The van der Waals surface area contributed by atoms with E-state index in [-0.39, 0.29) is 24.8 Å². The lowest BCUT2D eigenvalue weighted by Crippen LogP contribution is -2.37. The molecule has 1 aliphatic rings. The molecule has 1 aromatic heterocycles. The van der Waals surface area contributed by atoms with Gasteiger partial charge >= 0.3 is 5.97 Å². The lowest BCUT2D eigenvalue weighted by molar-refractivity contribution is -0.134. The number of nitrogens with zero attached hydrogens (tertiary/aromatic N) is 1. The van der Waals surface area contributed by atoms with Gasteiger partial charge in [-0.25, -0.2) is 0 Å². The summed E-state index contributed by atoms with van der Waals surface area (Å²) in [5.41, 5.74) is 1.44. The fourth-order valence-corrected chi connectivity index (χ4v) is 4.55. The number of hydrogen-bond donors (Lipinski definition) is 1. The predicted molar refractivity (Wildman–Crippen MR) is 118 cm³/mol. The Kier molecular flexibility index (Phi) is 6.15. The average molecular weight is 439 g/mol. The highest BCUT2D eigenvalue weighted by Gasteiger charge is 2.24. The molecule has 4 rings (SSSR count). The Labute approximate surface area is 181 Å². The second kappa shape index (κ2) is 9.15. The Morgan fingerprint density at radius 3 is 2.60 bits per heavy atom. The molecule has 0 bridgehead atoms. The normalized spacial score (nSPS) is 12.9. The SMILES string of the molecule is O=C(CCN1C(=O)CSc2ccccc21)Oc1ccc(NC(=O)c2cccs2)cc1. The van der Waals surface area contributed by atoms with Crippen molar-refractivity contribution in [1.82, 2.24) is 0 Å².